The van der Waals surface area contributed by atoms with Crippen LogP contribution in [0.2, 0.25) is 0 Å². The summed E-state index contributed by atoms with van der Waals surface area (Å²) in [6, 6.07) is -0.624. The molecule has 1 amide bonds. The number of carbonyl (C=O) groups is 2. The monoisotopic (exact) mass is 288 g/mol. The molecule has 1 aliphatic rings. The van der Waals surface area contributed by atoms with Crippen molar-refractivity contribution in [1.29, 1.82) is 0 Å². The minimum atomic E-state index is -1.12. The number of amides is 1. The van der Waals surface area contributed by atoms with Crippen LogP contribution in [0.15, 0.2) is 0 Å². The number of nitrogens with one attached hydrogen (secondary N) is 1. The normalized spacial score (nSPS) is 28.7. The highest BCUT2D eigenvalue weighted by atomic mass is 32.2. The number of aliphatic carboxylic acids is 1. The number of nitrogens with two attached hydrogens (primary N) is 1. The fourth-order valence-electron chi connectivity index (χ4n) is 2.62. The predicted molar refractivity (Wildman–Crippen MR) is 77.1 cm³/mol. The molecule has 110 valence electrons. The first kappa shape index (κ1) is 16.3. The Kier molecular flexibility index (Phi) is 6.13. The third-order valence-corrected chi connectivity index (χ3v) is 4.38. The first-order valence-corrected chi connectivity index (χ1v) is 8.10. The molecular weight excluding hydrogens is 264 g/mol. The number of rotatable bonds is 6. The quantitative estimate of drug-likeness (QED) is 0.683. The molecule has 0 aromatic rings. The molecule has 4 N–H and O–H groups in total. The Balaban J connectivity index is 2.68. The van der Waals surface area contributed by atoms with Gasteiger partial charge in [0.15, 0.2) is 0 Å². The van der Waals surface area contributed by atoms with E-state index in [-0.39, 0.29) is 5.91 Å². The molecular formula is C13H24N2O3S. The molecule has 3 atom stereocenters. The molecule has 1 aliphatic carbocycles. The van der Waals surface area contributed by atoms with Gasteiger partial charge in [-0.1, -0.05) is 19.8 Å². The van der Waals surface area contributed by atoms with Gasteiger partial charge in [-0.3, -0.25) is 4.79 Å². The highest BCUT2D eigenvalue weighted by molar-refractivity contribution is 7.98. The predicted octanol–water partition coefficient (Wildman–Crippen LogP) is 1.22. The van der Waals surface area contributed by atoms with Crippen molar-refractivity contribution in [2.24, 2.45) is 11.7 Å². The summed E-state index contributed by atoms with van der Waals surface area (Å²) in [5.74, 6) is -0.173. The van der Waals surface area contributed by atoms with Crippen LogP contribution in [0.25, 0.3) is 0 Å². The van der Waals surface area contributed by atoms with Crippen LogP contribution in [0.5, 0.6) is 0 Å². The number of carboxylic acids is 1. The lowest BCUT2D eigenvalue weighted by atomic mass is 9.76. The van der Waals surface area contributed by atoms with Gasteiger partial charge in [0.25, 0.3) is 0 Å². The van der Waals surface area contributed by atoms with Crippen LogP contribution < -0.4 is 11.1 Å². The van der Waals surface area contributed by atoms with Gasteiger partial charge in [-0.15, -0.1) is 0 Å². The van der Waals surface area contributed by atoms with E-state index in [0.717, 1.165) is 18.6 Å². The summed E-state index contributed by atoms with van der Waals surface area (Å²) in [6.07, 6.45) is 5.35. The van der Waals surface area contributed by atoms with E-state index < -0.39 is 17.6 Å². The topological polar surface area (TPSA) is 92.4 Å². The fourth-order valence-corrected chi connectivity index (χ4v) is 3.11. The zero-order chi connectivity index (χ0) is 14.5. The van der Waals surface area contributed by atoms with E-state index in [0.29, 0.717) is 25.2 Å². The van der Waals surface area contributed by atoms with Gasteiger partial charge in [-0.05, 0) is 37.2 Å². The highest BCUT2D eigenvalue weighted by Gasteiger charge is 2.43. The molecule has 0 heterocycles. The van der Waals surface area contributed by atoms with Gasteiger partial charge >= 0.3 is 5.97 Å². The molecule has 5 nitrogen and oxygen atoms in total. The molecule has 0 bridgehead atoms. The number of thioether (sulfide) groups is 1. The van der Waals surface area contributed by atoms with Crippen LogP contribution in [0, 0.1) is 5.92 Å². The van der Waals surface area contributed by atoms with Gasteiger partial charge in [-0.2, -0.15) is 11.8 Å². The van der Waals surface area contributed by atoms with Crippen molar-refractivity contribution in [2.75, 3.05) is 12.0 Å². The Labute approximate surface area is 118 Å². The SMILES string of the molecule is CSCC[C@@H](N)C(=O)NC1(C(=O)O)CCCC(C)C1. The standard InChI is InChI=1S/C13H24N2O3S/c1-9-4-3-6-13(8-9,12(17)18)15-11(16)10(14)5-7-19-2/h9-10H,3-8,14H2,1-2H3,(H,15,16)(H,17,18)/t9?,10-,13?/m1/s1. The lowest BCUT2D eigenvalue weighted by Gasteiger charge is -2.37. The van der Waals surface area contributed by atoms with Gasteiger partial charge in [0.1, 0.15) is 5.54 Å². The summed E-state index contributed by atoms with van der Waals surface area (Å²) in [7, 11) is 0. The number of carboxylic acid groups (broad SMARTS) is 1. The van der Waals surface area contributed by atoms with E-state index in [4.69, 9.17) is 5.73 Å². The molecule has 1 fully saturated rings. The highest BCUT2D eigenvalue weighted by Crippen LogP contribution is 2.32. The number of carbonyl (C=O) groups excluding carboxylic acids is 1. The molecule has 0 aromatic carbocycles. The lowest BCUT2D eigenvalue weighted by molar-refractivity contribution is -0.150. The van der Waals surface area contributed by atoms with E-state index in [1.165, 1.54) is 0 Å². The third-order valence-electron chi connectivity index (χ3n) is 3.74. The fraction of sp³-hybridized carbons (Fsp3) is 0.846. The van der Waals surface area contributed by atoms with E-state index in [2.05, 4.69) is 5.32 Å². The molecule has 0 aliphatic heterocycles. The molecule has 0 aromatic heterocycles. The minimum Gasteiger partial charge on any atom is -0.480 e. The van der Waals surface area contributed by atoms with E-state index >= 15 is 0 Å². The first-order valence-electron chi connectivity index (χ1n) is 6.71. The van der Waals surface area contributed by atoms with Crippen LogP contribution in [0.4, 0.5) is 0 Å². The minimum absolute atomic E-state index is 0.313. The number of hydrogen-bond donors (Lipinski definition) is 3. The maximum absolute atomic E-state index is 12.0. The molecule has 0 spiro atoms. The summed E-state index contributed by atoms with van der Waals surface area (Å²) < 4.78 is 0. The third kappa shape index (κ3) is 4.38. The summed E-state index contributed by atoms with van der Waals surface area (Å²) >= 11 is 1.62. The largest absolute Gasteiger partial charge is 0.480 e. The molecule has 0 saturated heterocycles. The second-order valence-corrected chi connectivity index (χ2v) is 6.45. The Morgan fingerprint density at radius 3 is 2.79 bits per heavy atom. The average molecular weight is 288 g/mol. The molecule has 1 rings (SSSR count). The van der Waals surface area contributed by atoms with Crippen LogP contribution in [-0.4, -0.2) is 40.6 Å². The van der Waals surface area contributed by atoms with Crippen LogP contribution in [-0.2, 0) is 9.59 Å². The zero-order valence-corrected chi connectivity index (χ0v) is 12.5. The molecule has 19 heavy (non-hydrogen) atoms. The Hall–Kier alpha value is -0.750. The van der Waals surface area contributed by atoms with E-state index in [9.17, 15) is 14.7 Å². The van der Waals surface area contributed by atoms with Crippen LogP contribution >= 0.6 is 11.8 Å². The maximum Gasteiger partial charge on any atom is 0.329 e. The Bertz CT molecular complexity index is 338. The van der Waals surface area contributed by atoms with Crippen LogP contribution in [0.1, 0.15) is 39.0 Å². The van der Waals surface area contributed by atoms with Crippen molar-refractivity contribution >= 4 is 23.6 Å². The molecule has 6 heteroatoms. The second kappa shape index (κ2) is 7.14. The van der Waals surface area contributed by atoms with Crippen molar-refractivity contribution in [3.05, 3.63) is 0 Å². The Morgan fingerprint density at radius 1 is 1.58 bits per heavy atom. The van der Waals surface area contributed by atoms with Gasteiger partial charge in [-0.25, -0.2) is 4.79 Å². The van der Waals surface area contributed by atoms with E-state index in [1.54, 1.807) is 11.8 Å². The van der Waals surface area contributed by atoms with Crippen molar-refractivity contribution in [3.63, 3.8) is 0 Å². The Morgan fingerprint density at radius 2 is 2.26 bits per heavy atom. The maximum atomic E-state index is 12.0. The molecule has 2 unspecified atom stereocenters. The van der Waals surface area contributed by atoms with Crippen molar-refractivity contribution < 1.29 is 14.7 Å². The van der Waals surface area contributed by atoms with E-state index in [1.807, 2.05) is 13.2 Å². The van der Waals surface area contributed by atoms with Crippen molar-refractivity contribution in [2.45, 2.75) is 50.6 Å². The van der Waals surface area contributed by atoms with Gasteiger partial charge in [0, 0.05) is 0 Å². The van der Waals surface area contributed by atoms with Gasteiger partial charge in [0.2, 0.25) is 5.91 Å². The van der Waals surface area contributed by atoms with Gasteiger partial charge in [0.05, 0.1) is 6.04 Å². The summed E-state index contributed by atoms with van der Waals surface area (Å²) in [6.45, 7) is 2.02. The lowest BCUT2D eigenvalue weighted by Crippen LogP contribution is -2.60. The zero-order valence-electron chi connectivity index (χ0n) is 11.6. The summed E-state index contributed by atoms with van der Waals surface area (Å²) in [4.78, 5) is 23.6. The number of hydrogen-bond acceptors (Lipinski definition) is 4. The summed E-state index contributed by atoms with van der Waals surface area (Å²) in [5, 5.41) is 12.2. The van der Waals surface area contributed by atoms with Gasteiger partial charge < -0.3 is 16.2 Å². The first-order chi connectivity index (χ1) is 8.91. The molecule has 0 radical (unpaired) electrons. The summed E-state index contributed by atoms with van der Waals surface area (Å²) in [5.41, 5.74) is 4.68. The van der Waals surface area contributed by atoms with Crippen molar-refractivity contribution in [3.8, 4) is 0 Å². The van der Waals surface area contributed by atoms with Crippen molar-refractivity contribution in [1.82, 2.24) is 5.32 Å². The second-order valence-electron chi connectivity index (χ2n) is 5.47. The smallest absolute Gasteiger partial charge is 0.329 e. The molecule has 1 saturated carbocycles. The average Bonchev–Trinajstić information content (AvgIpc) is 2.35. The van der Waals surface area contributed by atoms with Crippen LogP contribution in [0.3, 0.4) is 0 Å².